The molecule has 0 fully saturated rings. The third kappa shape index (κ3) is 6.54. The first-order chi connectivity index (χ1) is 17.0. The van der Waals surface area contributed by atoms with Gasteiger partial charge in [-0.25, -0.2) is 0 Å². The third-order valence-electron chi connectivity index (χ3n) is 5.86. The van der Waals surface area contributed by atoms with Crippen molar-refractivity contribution >= 4 is 29.7 Å². The molecule has 0 aromatic heterocycles. The van der Waals surface area contributed by atoms with E-state index >= 15 is 0 Å². The minimum absolute atomic E-state index is 0.0703. The molecule has 0 saturated heterocycles. The summed E-state index contributed by atoms with van der Waals surface area (Å²) in [6.45, 7) is 6.09. The maximum Gasteiger partial charge on any atom is 0.185 e. The fraction of sp³-hybridized carbons (Fsp3) is 0.233. The number of rotatable bonds is 11. The lowest BCUT2D eigenvalue weighted by molar-refractivity contribution is 0.104. The van der Waals surface area contributed by atoms with Crippen molar-refractivity contribution in [2.75, 3.05) is 39.3 Å². The summed E-state index contributed by atoms with van der Waals surface area (Å²) in [5.41, 5.74) is 4.44. The van der Waals surface area contributed by atoms with Crippen LogP contribution in [0.15, 0.2) is 66.7 Å². The van der Waals surface area contributed by atoms with Gasteiger partial charge in [0.25, 0.3) is 0 Å². The number of hydrogen-bond donors (Lipinski definition) is 0. The van der Waals surface area contributed by atoms with Crippen molar-refractivity contribution in [1.29, 1.82) is 0 Å². The highest BCUT2D eigenvalue weighted by Gasteiger charge is 2.10. The molecule has 0 saturated carbocycles. The predicted octanol–water partition coefficient (Wildman–Crippen LogP) is 6.63. The Hall–Kier alpha value is -3.99. The average molecular weight is 472 g/mol. The van der Waals surface area contributed by atoms with Gasteiger partial charge in [-0.3, -0.25) is 4.79 Å². The first-order valence-corrected chi connectivity index (χ1v) is 11.7. The molecule has 5 heteroatoms. The summed E-state index contributed by atoms with van der Waals surface area (Å²) in [5, 5.41) is 0. The summed E-state index contributed by atoms with van der Waals surface area (Å²) < 4.78 is 16.3. The van der Waals surface area contributed by atoms with Gasteiger partial charge in [0.05, 0.1) is 21.3 Å². The van der Waals surface area contributed by atoms with Gasteiger partial charge in [-0.15, -0.1) is 0 Å². The van der Waals surface area contributed by atoms with E-state index in [9.17, 15) is 4.79 Å². The van der Waals surface area contributed by atoms with Crippen LogP contribution in [0.3, 0.4) is 0 Å². The van der Waals surface area contributed by atoms with E-state index in [4.69, 9.17) is 14.2 Å². The number of carbonyl (C=O) groups is 1. The van der Waals surface area contributed by atoms with Crippen LogP contribution in [0.4, 0.5) is 5.69 Å². The molecule has 0 N–H and O–H groups in total. The smallest absolute Gasteiger partial charge is 0.185 e. The van der Waals surface area contributed by atoms with E-state index in [2.05, 4.69) is 18.7 Å². The van der Waals surface area contributed by atoms with E-state index < -0.39 is 0 Å². The summed E-state index contributed by atoms with van der Waals surface area (Å²) in [4.78, 5) is 15.2. The molecule has 0 atom stereocenters. The Labute approximate surface area is 208 Å². The zero-order chi connectivity index (χ0) is 25.2. The Morgan fingerprint density at radius 1 is 0.771 bits per heavy atom. The molecular formula is C30H33NO4. The van der Waals surface area contributed by atoms with Crippen molar-refractivity contribution in [3.63, 3.8) is 0 Å². The van der Waals surface area contributed by atoms with Gasteiger partial charge in [-0.2, -0.15) is 0 Å². The van der Waals surface area contributed by atoms with Gasteiger partial charge in [0.15, 0.2) is 5.78 Å². The predicted molar refractivity (Wildman–Crippen MR) is 145 cm³/mol. The number of nitrogens with zero attached hydrogens (tertiary/aromatic N) is 1. The van der Waals surface area contributed by atoms with Gasteiger partial charge in [-0.05, 0) is 79.6 Å². The van der Waals surface area contributed by atoms with E-state index in [0.717, 1.165) is 41.2 Å². The minimum Gasteiger partial charge on any atom is -0.497 e. The molecule has 0 amide bonds. The van der Waals surface area contributed by atoms with Crippen LogP contribution in [0.2, 0.25) is 0 Å². The number of ether oxygens (including phenoxy) is 3. The number of benzene rings is 3. The van der Waals surface area contributed by atoms with E-state index in [1.165, 1.54) is 0 Å². The number of hydrogen-bond acceptors (Lipinski definition) is 5. The molecular weight excluding hydrogens is 438 g/mol. The molecule has 0 spiro atoms. The van der Waals surface area contributed by atoms with Crippen LogP contribution >= 0.6 is 0 Å². The van der Waals surface area contributed by atoms with Crippen molar-refractivity contribution in [2.45, 2.75) is 13.8 Å². The maximum absolute atomic E-state index is 12.9. The number of ketones is 1. The topological polar surface area (TPSA) is 48.0 Å². The van der Waals surface area contributed by atoms with Gasteiger partial charge in [0, 0.05) is 36.0 Å². The number of allylic oxidation sites excluding steroid dienone is 1. The van der Waals surface area contributed by atoms with Gasteiger partial charge < -0.3 is 19.1 Å². The Morgan fingerprint density at radius 3 is 2.00 bits per heavy atom. The number of methoxy groups -OCH3 is 3. The summed E-state index contributed by atoms with van der Waals surface area (Å²) >= 11 is 0. The lowest BCUT2D eigenvalue weighted by Gasteiger charge is -2.20. The highest BCUT2D eigenvalue weighted by molar-refractivity contribution is 6.07. The van der Waals surface area contributed by atoms with Crippen LogP contribution in [0.25, 0.3) is 18.2 Å². The number of anilines is 1. The second-order valence-electron chi connectivity index (χ2n) is 7.86. The highest BCUT2D eigenvalue weighted by atomic mass is 16.5. The van der Waals surface area contributed by atoms with Gasteiger partial charge in [-0.1, -0.05) is 24.3 Å². The standard InChI is InChI=1S/C30H33NO4/c1-6-31(7-2)25-14-12-23(13-15-25)29(32)19-18-28-24(20-27(34-4)21-30(28)35-5)11-8-22-9-16-26(33-3)17-10-22/h8-21H,6-7H2,1-5H3/b11-8+,19-18+. The molecule has 0 radical (unpaired) electrons. The fourth-order valence-corrected chi connectivity index (χ4v) is 3.81. The molecule has 0 aliphatic heterocycles. The molecule has 35 heavy (non-hydrogen) atoms. The fourth-order valence-electron chi connectivity index (χ4n) is 3.81. The first kappa shape index (κ1) is 25.6. The lowest BCUT2D eigenvalue weighted by Crippen LogP contribution is -2.21. The van der Waals surface area contributed by atoms with E-state index in [1.54, 1.807) is 33.5 Å². The summed E-state index contributed by atoms with van der Waals surface area (Å²) in [7, 11) is 4.87. The van der Waals surface area contributed by atoms with Gasteiger partial charge in [0.2, 0.25) is 0 Å². The number of carbonyl (C=O) groups excluding carboxylic acids is 1. The quantitative estimate of drug-likeness (QED) is 0.179. The highest BCUT2D eigenvalue weighted by Crippen LogP contribution is 2.31. The zero-order valence-electron chi connectivity index (χ0n) is 21.1. The second-order valence-corrected chi connectivity index (χ2v) is 7.86. The molecule has 0 aliphatic rings. The van der Waals surface area contributed by atoms with E-state index in [0.29, 0.717) is 17.1 Å². The van der Waals surface area contributed by atoms with Gasteiger partial charge >= 0.3 is 0 Å². The van der Waals surface area contributed by atoms with E-state index in [1.807, 2.05) is 72.8 Å². The van der Waals surface area contributed by atoms with Crippen molar-refractivity contribution in [3.05, 3.63) is 89.0 Å². The molecule has 3 aromatic rings. The largest absolute Gasteiger partial charge is 0.497 e. The first-order valence-electron chi connectivity index (χ1n) is 11.7. The molecule has 0 bridgehead atoms. The van der Waals surface area contributed by atoms with Gasteiger partial charge in [0.1, 0.15) is 17.2 Å². The van der Waals surface area contributed by atoms with Crippen molar-refractivity contribution in [2.24, 2.45) is 0 Å². The van der Waals surface area contributed by atoms with Crippen LogP contribution in [0.5, 0.6) is 17.2 Å². The Balaban J connectivity index is 1.90. The Bertz CT molecular complexity index is 1170. The summed E-state index contributed by atoms with van der Waals surface area (Å²) in [6.07, 6.45) is 7.36. The Morgan fingerprint density at radius 2 is 1.43 bits per heavy atom. The molecule has 0 heterocycles. The van der Waals surface area contributed by atoms with Crippen LogP contribution in [-0.4, -0.2) is 40.2 Å². The van der Waals surface area contributed by atoms with E-state index in [-0.39, 0.29) is 5.78 Å². The van der Waals surface area contributed by atoms with Crippen molar-refractivity contribution in [1.82, 2.24) is 0 Å². The Kier molecular flexibility index (Phi) is 9.13. The molecule has 0 unspecified atom stereocenters. The normalized spacial score (nSPS) is 11.1. The summed E-state index contributed by atoms with van der Waals surface area (Å²) in [6, 6.07) is 19.2. The summed E-state index contributed by atoms with van der Waals surface area (Å²) in [5.74, 6) is 2.03. The minimum atomic E-state index is -0.0703. The molecule has 182 valence electrons. The van der Waals surface area contributed by atoms with Crippen molar-refractivity contribution < 1.29 is 19.0 Å². The average Bonchev–Trinajstić information content (AvgIpc) is 2.91. The zero-order valence-corrected chi connectivity index (χ0v) is 21.1. The monoisotopic (exact) mass is 471 g/mol. The molecule has 3 aromatic carbocycles. The molecule has 3 rings (SSSR count). The van der Waals surface area contributed by atoms with Crippen molar-refractivity contribution in [3.8, 4) is 17.2 Å². The second kappa shape index (κ2) is 12.5. The van der Waals surface area contributed by atoms with Crippen LogP contribution in [0, 0.1) is 0 Å². The SMILES string of the molecule is CCN(CC)c1ccc(C(=O)/C=C/c2c(/C=C/c3ccc(OC)cc3)cc(OC)cc2OC)cc1. The third-order valence-corrected chi connectivity index (χ3v) is 5.86. The van der Waals surface area contributed by atoms with Crippen LogP contribution in [-0.2, 0) is 0 Å². The molecule has 0 aliphatic carbocycles. The maximum atomic E-state index is 12.9. The van der Waals surface area contributed by atoms with Crippen LogP contribution < -0.4 is 19.1 Å². The molecule has 5 nitrogen and oxygen atoms in total. The van der Waals surface area contributed by atoms with Crippen LogP contribution in [0.1, 0.15) is 40.9 Å². The lowest BCUT2D eigenvalue weighted by atomic mass is 10.0.